The predicted molar refractivity (Wildman–Crippen MR) is 95.0 cm³/mol. The largest absolute Gasteiger partial charge is 0.504 e. The third-order valence-electron chi connectivity index (χ3n) is 2.91. The molecule has 0 spiro atoms. The van der Waals surface area contributed by atoms with Crippen molar-refractivity contribution in [1.29, 1.82) is 0 Å². The van der Waals surface area contributed by atoms with Gasteiger partial charge in [0, 0.05) is 15.2 Å². The van der Waals surface area contributed by atoms with Crippen molar-refractivity contribution in [3.63, 3.8) is 0 Å². The van der Waals surface area contributed by atoms with Crippen molar-refractivity contribution in [2.75, 3.05) is 6.61 Å². The Bertz CT molecular complexity index is 754. The Labute approximate surface area is 154 Å². The van der Waals surface area contributed by atoms with Crippen LogP contribution in [0.25, 0.3) is 0 Å². The standard InChI is InChI=1S/C16H13Br2F2NO3/c1-2-23-13-7-10(17)14(18)9(15(13)22)8-21-11-5-3-4-6-12(11)24-16(19)20/h3-8,16,22H,2H2,1H3. The van der Waals surface area contributed by atoms with E-state index in [0.717, 1.165) is 0 Å². The first-order valence-electron chi connectivity index (χ1n) is 6.85. The molecule has 0 bridgehead atoms. The van der Waals surface area contributed by atoms with Gasteiger partial charge in [-0.3, -0.25) is 4.99 Å². The molecule has 0 heterocycles. The molecule has 0 radical (unpaired) electrons. The van der Waals surface area contributed by atoms with Gasteiger partial charge in [-0.25, -0.2) is 0 Å². The van der Waals surface area contributed by atoms with Gasteiger partial charge in [-0.1, -0.05) is 12.1 Å². The summed E-state index contributed by atoms with van der Waals surface area (Å²) in [5.41, 5.74) is 0.557. The molecular weight excluding hydrogens is 452 g/mol. The lowest BCUT2D eigenvalue weighted by atomic mass is 10.2. The van der Waals surface area contributed by atoms with Gasteiger partial charge >= 0.3 is 6.61 Å². The van der Waals surface area contributed by atoms with Gasteiger partial charge in [0.15, 0.2) is 17.2 Å². The van der Waals surface area contributed by atoms with Crippen LogP contribution in [0.4, 0.5) is 14.5 Å². The maximum absolute atomic E-state index is 12.4. The number of aliphatic imine (C=N–C) groups is 1. The molecule has 24 heavy (non-hydrogen) atoms. The first kappa shape index (κ1) is 18.7. The number of alkyl halides is 2. The number of phenols is 1. The normalized spacial score (nSPS) is 11.2. The number of phenolic OH excluding ortho intramolecular Hbond substituents is 1. The number of para-hydroxylation sites is 2. The lowest BCUT2D eigenvalue weighted by Crippen LogP contribution is -2.01. The Balaban J connectivity index is 2.43. The SMILES string of the molecule is CCOc1cc(Br)c(Br)c(C=Nc2ccccc2OC(F)F)c1O. The number of benzene rings is 2. The van der Waals surface area contributed by atoms with Crippen LogP contribution in [-0.4, -0.2) is 24.5 Å². The van der Waals surface area contributed by atoms with Gasteiger partial charge < -0.3 is 14.6 Å². The van der Waals surface area contributed by atoms with E-state index >= 15 is 0 Å². The Morgan fingerprint density at radius 2 is 1.96 bits per heavy atom. The zero-order valence-electron chi connectivity index (χ0n) is 12.5. The molecule has 2 rings (SSSR count). The molecule has 2 aromatic rings. The highest BCUT2D eigenvalue weighted by Crippen LogP contribution is 2.40. The van der Waals surface area contributed by atoms with E-state index in [1.165, 1.54) is 18.3 Å². The minimum Gasteiger partial charge on any atom is -0.504 e. The number of ether oxygens (including phenoxy) is 2. The molecule has 0 saturated carbocycles. The highest BCUT2D eigenvalue weighted by molar-refractivity contribution is 9.13. The van der Waals surface area contributed by atoms with Gasteiger partial charge in [0.05, 0.1) is 12.2 Å². The first-order valence-corrected chi connectivity index (χ1v) is 8.44. The van der Waals surface area contributed by atoms with Crippen LogP contribution >= 0.6 is 31.9 Å². The number of halogens is 4. The van der Waals surface area contributed by atoms with Crippen molar-refractivity contribution in [2.45, 2.75) is 13.5 Å². The summed E-state index contributed by atoms with van der Waals surface area (Å²) >= 11 is 6.69. The zero-order valence-corrected chi connectivity index (χ0v) is 15.6. The molecule has 0 aliphatic rings. The Morgan fingerprint density at radius 1 is 1.25 bits per heavy atom. The average molecular weight is 465 g/mol. The Hall–Kier alpha value is -1.67. The summed E-state index contributed by atoms with van der Waals surface area (Å²) in [6.07, 6.45) is 1.35. The van der Waals surface area contributed by atoms with Crippen LogP contribution in [-0.2, 0) is 0 Å². The molecular formula is C16H13Br2F2NO3. The second kappa shape index (κ2) is 8.43. The highest BCUT2D eigenvalue weighted by Gasteiger charge is 2.15. The van der Waals surface area contributed by atoms with Gasteiger partial charge in [0.2, 0.25) is 0 Å². The van der Waals surface area contributed by atoms with Crippen LogP contribution in [0, 0.1) is 0 Å². The summed E-state index contributed by atoms with van der Waals surface area (Å²) < 4.78 is 35.9. The van der Waals surface area contributed by atoms with Crippen LogP contribution in [0.2, 0.25) is 0 Å². The second-order valence-corrected chi connectivity index (χ2v) is 6.12. The molecule has 4 nitrogen and oxygen atoms in total. The topological polar surface area (TPSA) is 51.0 Å². The molecule has 0 aliphatic carbocycles. The fraction of sp³-hybridized carbons (Fsp3) is 0.188. The molecule has 0 fully saturated rings. The van der Waals surface area contributed by atoms with Gasteiger partial charge in [0.1, 0.15) is 5.69 Å². The lowest BCUT2D eigenvalue weighted by molar-refractivity contribution is -0.0494. The Kier molecular flexibility index (Phi) is 6.56. The maximum Gasteiger partial charge on any atom is 0.387 e. The van der Waals surface area contributed by atoms with Crippen LogP contribution < -0.4 is 9.47 Å². The van der Waals surface area contributed by atoms with Crippen molar-refractivity contribution in [1.82, 2.24) is 0 Å². The highest BCUT2D eigenvalue weighted by atomic mass is 79.9. The van der Waals surface area contributed by atoms with Crippen molar-refractivity contribution in [3.8, 4) is 17.2 Å². The number of hydrogen-bond donors (Lipinski definition) is 1. The van der Waals surface area contributed by atoms with Crippen molar-refractivity contribution in [3.05, 3.63) is 44.8 Å². The fourth-order valence-electron chi connectivity index (χ4n) is 1.89. The van der Waals surface area contributed by atoms with Gasteiger partial charge in [-0.15, -0.1) is 0 Å². The van der Waals surface area contributed by atoms with E-state index in [0.29, 0.717) is 21.1 Å². The molecule has 8 heteroatoms. The summed E-state index contributed by atoms with van der Waals surface area (Å²) in [5, 5.41) is 10.3. The zero-order chi connectivity index (χ0) is 17.7. The molecule has 0 aliphatic heterocycles. The van der Waals surface area contributed by atoms with Gasteiger partial charge in [0.25, 0.3) is 0 Å². The summed E-state index contributed by atoms with van der Waals surface area (Å²) in [6, 6.07) is 7.75. The third-order valence-corrected chi connectivity index (χ3v) is 4.92. The molecule has 0 unspecified atom stereocenters. The van der Waals surface area contributed by atoms with E-state index in [4.69, 9.17) is 4.74 Å². The summed E-state index contributed by atoms with van der Waals surface area (Å²) in [6.45, 7) is -0.776. The van der Waals surface area contributed by atoms with E-state index in [1.807, 2.05) is 0 Å². The second-order valence-electron chi connectivity index (χ2n) is 4.47. The summed E-state index contributed by atoms with van der Waals surface area (Å²) in [5.74, 6) is 0.119. The minimum absolute atomic E-state index is 0.0561. The van der Waals surface area contributed by atoms with E-state index in [2.05, 4.69) is 41.6 Å². The maximum atomic E-state index is 12.4. The van der Waals surface area contributed by atoms with E-state index in [9.17, 15) is 13.9 Å². The van der Waals surface area contributed by atoms with E-state index < -0.39 is 6.61 Å². The van der Waals surface area contributed by atoms with Gasteiger partial charge in [-0.05, 0) is 57.0 Å². The first-order chi connectivity index (χ1) is 11.4. The average Bonchev–Trinajstić information content (AvgIpc) is 2.53. The van der Waals surface area contributed by atoms with Crippen molar-refractivity contribution < 1.29 is 23.4 Å². The van der Waals surface area contributed by atoms with Crippen LogP contribution in [0.5, 0.6) is 17.2 Å². The van der Waals surface area contributed by atoms with Crippen LogP contribution in [0.3, 0.4) is 0 Å². The molecule has 2 aromatic carbocycles. The van der Waals surface area contributed by atoms with E-state index in [1.54, 1.807) is 25.1 Å². The summed E-state index contributed by atoms with van der Waals surface area (Å²) in [7, 11) is 0. The number of rotatable bonds is 6. The predicted octanol–water partition coefficient (Wildman–Crippen LogP) is 5.67. The smallest absolute Gasteiger partial charge is 0.387 e. The number of aromatic hydroxyl groups is 1. The summed E-state index contributed by atoms with van der Waals surface area (Å²) in [4.78, 5) is 4.14. The molecule has 1 N–H and O–H groups in total. The number of nitrogens with zero attached hydrogens (tertiary/aromatic N) is 1. The van der Waals surface area contributed by atoms with Gasteiger partial charge in [-0.2, -0.15) is 8.78 Å². The quantitative estimate of drug-likeness (QED) is 0.560. The molecule has 0 amide bonds. The molecule has 0 saturated heterocycles. The monoisotopic (exact) mass is 463 g/mol. The van der Waals surface area contributed by atoms with Crippen molar-refractivity contribution in [2.24, 2.45) is 4.99 Å². The third kappa shape index (κ3) is 4.45. The molecule has 0 atom stereocenters. The lowest BCUT2D eigenvalue weighted by Gasteiger charge is -2.11. The van der Waals surface area contributed by atoms with Crippen LogP contribution in [0.15, 0.2) is 44.3 Å². The van der Waals surface area contributed by atoms with E-state index in [-0.39, 0.29) is 22.9 Å². The minimum atomic E-state index is -2.95. The molecule has 128 valence electrons. The number of hydrogen-bond acceptors (Lipinski definition) is 4. The Morgan fingerprint density at radius 3 is 2.62 bits per heavy atom. The van der Waals surface area contributed by atoms with Crippen LogP contribution in [0.1, 0.15) is 12.5 Å². The van der Waals surface area contributed by atoms with Crippen molar-refractivity contribution >= 4 is 43.8 Å². The molecule has 0 aromatic heterocycles. The fourth-order valence-corrected chi connectivity index (χ4v) is 2.72.